The summed E-state index contributed by atoms with van der Waals surface area (Å²) in [5, 5.41) is 6.38. The van der Waals surface area contributed by atoms with Crippen molar-refractivity contribution in [1.29, 1.82) is 0 Å². The van der Waals surface area contributed by atoms with Gasteiger partial charge in [0.05, 0.1) is 0 Å². The summed E-state index contributed by atoms with van der Waals surface area (Å²) in [6.07, 6.45) is 1.97. The number of nitrogens with one attached hydrogen (secondary N) is 1. The van der Waals surface area contributed by atoms with Crippen molar-refractivity contribution in [3.63, 3.8) is 0 Å². The first kappa shape index (κ1) is 12.5. The van der Waals surface area contributed by atoms with Crippen molar-refractivity contribution in [2.45, 2.75) is 5.37 Å². The van der Waals surface area contributed by atoms with Crippen molar-refractivity contribution in [3.05, 3.63) is 64.7 Å². The van der Waals surface area contributed by atoms with Gasteiger partial charge in [-0.05, 0) is 40.8 Å². The molecule has 1 unspecified atom stereocenters. The SMILES string of the molecule is Nc1ccc(-c2cc(C3NC=CS3)ccc2Cl)cc1. The van der Waals surface area contributed by atoms with E-state index in [0.29, 0.717) is 0 Å². The van der Waals surface area contributed by atoms with Crippen LogP contribution in [0.4, 0.5) is 5.69 Å². The standard InChI is InChI=1S/C15H13ClN2S/c16-14-6-3-11(15-18-7-8-19-15)9-13(14)10-1-4-12(17)5-2-10/h1-9,15,18H,17H2. The summed E-state index contributed by atoms with van der Waals surface area (Å²) in [6.45, 7) is 0. The molecule has 4 heteroatoms. The van der Waals surface area contributed by atoms with E-state index >= 15 is 0 Å². The molecule has 19 heavy (non-hydrogen) atoms. The van der Waals surface area contributed by atoms with Crippen LogP contribution in [-0.2, 0) is 0 Å². The molecule has 0 saturated carbocycles. The fourth-order valence-electron chi connectivity index (χ4n) is 2.05. The third kappa shape index (κ3) is 2.57. The second kappa shape index (κ2) is 5.19. The number of nitrogen functional groups attached to an aromatic ring is 1. The Hall–Kier alpha value is -1.58. The first-order valence-electron chi connectivity index (χ1n) is 5.96. The van der Waals surface area contributed by atoms with Gasteiger partial charge in [-0.2, -0.15) is 0 Å². The summed E-state index contributed by atoms with van der Waals surface area (Å²) < 4.78 is 0. The molecule has 2 nitrogen and oxygen atoms in total. The topological polar surface area (TPSA) is 38.0 Å². The van der Waals surface area contributed by atoms with Crippen molar-refractivity contribution >= 4 is 29.1 Å². The molecule has 1 atom stereocenters. The lowest BCUT2D eigenvalue weighted by Gasteiger charge is -2.13. The van der Waals surface area contributed by atoms with E-state index < -0.39 is 0 Å². The normalized spacial score (nSPS) is 17.4. The molecule has 1 aliphatic heterocycles. The minimum absolute atomic E-state index is 0.268. The number of hydrogen-bond acceptors (Lipinski definition) is 3. The van der Waals surface area contributed by atoms with Gasteiger partial charge in [0.2, 0.25) is 0 Å². The molecule has 0 aliphatic carbocycles. The van der Waals surface area contributed by atoms with E-state index in [0.717, 1.165) is 21.8 Å². The monoisotopic (exact) mass is 288 g/mol. The quantitative estimate of drug-likeness (QED) is 0.805. The lowest BCUT2D eigenvalue weighted by atomic mass is 10.0. The molecule has 0 amide bonds. The summed E-state index contributed by atoms with van der Waals surface area (Å²) >= 11 is 8.06. The first-order valence-corrected chi connectivity index (χ1v) is 7.28. The molecule has 0 saturated heterocycles. The van der Waals surface area contributed by atoms with Gasteiger partial charge in [-0.15, -0.1) is 11.8 Å². The molecule has 1 aliphatic rings. The Balaban J connectivity index is 2.00. The summed E-state index contributed by atoms with van der Waals surface area (Å²) in [6, 6.07) is 13.9. The third-order valence-corrected chi connectivity index (χ3v) is 4.35. The van der Waals surface area contributed by atoms with E-state index in [-0.39, 0.29) is 5.37 Å². The Labute approximate surface area is 121 Å². The van der Waals surface area contributed by atoms with Gasteiger partial charge >= 0.3 is 0 Å². The fourth-order valence-corrected chi connectivity index (χ4v) is 3.05. The number of thioether (sulfide) groups is 1. The number of nitrogens with two attached hydrogens (primary N) is 1. The lowest BCUT2D eigenvalue weighted by molar-refractivity contribution is 0.863. The van der Waals surface area contributed by atoms with Gasteiger partial charge in [0.15, 0.2) is 0 Å². The Morgan fingerprint density at radius 3 is 2.58 bits per heavy atom. The van der Waals surface area contributed by atoms with Gasteiger partial charge in [-0.25, -0.2) is 0 Å². The van der Waals surface area contributed by atoms with Crippen LogP contribution in [0.25, 0.3) is 11.1 Å². The number of halogens is 1. The molecular formula is C15H13ClN2S. The highest BCUT2D eigenvalue weighted by molar-refractivity contribution is 8.02. The van der Waals surface area contributed by atoms with Crippen LogP contribution in [0.2, 0.25) is 5.02 Å². The second-order valence-corrected chi connectivity index (χ2v) is 5.77. The molecule has 0 bridgehead atoms. The zero-order chi connectivity index (χ0) is 13.2. The average Bonchev–Trinajstić information content (AvgIpc) is 2.94. The highest BCUT2D eigenvalue weighted by Crippen LogP contribution is 2.36. The minimum atomic E-state index is 0.268. The lowest BCUT2D eigenvalue weighted by Crippen LogP contribution is -2.06. The maximum Gasteiger partial charge on any atom is 0.102 e. The summed E-state index contributed by atoms with van der Waals surface area (Å²) in [4.78, 5) is 0. The van der Waals surface area contributed by atoms with Crippen molar-refractivity contribution in [2.75, 3.05) is 5.73 Å². The van der Waals surface area contributed by atoms with E-state index in [1.54, 1.807) is 11.8 Å². The van der Waals surface area contributed by atoms with E-state index in [1.165, 1.54) is 5.56 Å². The molecule has 0 aromatic heterocycles. The fraction of sp³-hybridized carbons (Fsp3) is 0.0667. The van der Waals surface area contributed by atoms with Crippen molar-refractivity contribution < 1.29 is 0 Å². The first-order chi connectivity index (χ1) is 9.24. The van der Waals surface area contributed by atoms with Crippen LogP contribution in [0.1, 0.15) is 10.9 Å². The maximum atomic E-state index is 6.30. The molecule has 3 rings (SSSR count). The summed E-state index contributed by atoms with van der Waals surface area (Å²) in [7, 11) is 0. The van der Waals surface area contributed by atoms with E-state index in [1.807, 2.05) is 36.5 Å². The molecule has 1 heterocycles. The van der Waals surface area contributed by atoms with E-state index in [4.69, 9.17) is 17.3 Å². The van der Waals surface area contributed by atoms with Crippen LogP contribution < -0.4 is 11.1 Å². The predicted octanol–water partition coefficient (Wildman–Crippen LogP) is 4.40. The summed E-state index contributed by atoms with van der Waals surface area (Å²) in [5.41, 5.74) is 9.81. The van der Waals surface area contributed by atoms with Gasteiger partial charge in [-0.1, -0.05) is 29.8 Å². The molecule has 0 fully saturated rings. The zero-order valence-corrected chi connectivity index (χ0v) is 11.7. The molecule has 2 aromatic carbocycles. The Morgan fingerprint density at radius 2 is 1.89 bits per heavy atom. The largest absolute Gasteiger partial charge is 0.399 e. The molecule has 2 aromatic rings. The van der Waals surface area contributed by atoms with Gasteiger partial charge in [0.1, 0.15) is 5.37 Å². The second-order valence-electron chi connectivity index (χ2n) is 4.35. The number of hydrogen-bond donors (Lipinski definition) is 2. The smallest absolute Gasteiger partial charge is 0.102 e. The van der Waals surface area contributed by atoms with Crippen molar-refractivity contribution in [1.82, 2.24) is 5.32 Å². The molecule has 0 radical (unpaired) electrons. The predicted molar refractivity (Wildman–Crippen MR) is 83.9 cm³/mol. The van der Waals surface area contributed by atoms with E-state index in [2.05, 4.69) is 22.9 Å². The third-order valence-electron chi connectivity index (χ3n) is 3.05. The highest BCUT2D eigenvalue weighted by Gasteiger charge is 2.14. The minimum Gasteiger partial charge on any atom is -0.399 e. The van der Waals surface area contributed by atoms with Gasteiger partial charge < -0.3 is 11.1 Å². The number of rotatable bonds is 2. The zero-order valence-electron chi connectivity index (χ0n) is 10.1. The number of benzene rings is 2. The van der Waals surface area contributed by atoms with Crippen LogP contribution >= 0.6 is 23.4 Å². The van der Waals surface area contributed by atoms with Gasteiger partial charge in [0.25, 0.3) is 0 Å². The molecule has 3 N–H and O–H groups in total. The van der Waals surface area contributed by atoms with Crippen LogP contribution in [0.15, 0.2) is 54.1 Å². The molecule has 96 valence electrons. The average molecular weight is 289 g/mol. The molecular weight excluding hydrogens is 276 g/mol. The van der Waals surface area contributed by atoms with Crippen LogP contribution in [0, 0.1) is 0 Å². The van der Waals surface area contributed by atoms with Crippen LogP contribution in [-0.4, -0.2) is 0 Å². The van der Waals surface area contributed by atoms with Crippen LogP contribution in [0.5, 0.6) is 0 Å². The van der Waals surface area contributed by atoms with Gasteiger partial charge in [-0.3, -0.25) is 0 Å². The Kier molecular flexibility index (Phi) is 3.40. The van der Waals surface area contributed by atoms with Crippen molar-refractivity contribution in [3.8, 4) is 11.1 Å². The number of anilines is 1. The Morgan fingerprint density at radius 1 is 1.11 bits per heavy atom. The van der Waals surface area contributed by atoms with Gasteiger partial charge in [0, 0.05) is 22.5 Å². The van der Waals surface area contributed by atoms with Crippen LogP contribution in [0.3, 0.4) is 0 Å². The Bertz CT molecular complexity index is 615. The van der Waals surface area contributed by atoms with Crippen molar-refractivity contribution in [2.24, 2.45) is 0 Å². The maximum absolute atomic E-state index is 6.30. The van der Waals surface area contributed by atoms with E-state index in [9.17, 15) is 0 Å². The highest BCUT2D eigenvalue weighted by atomic mass is 35.5. The molecule has 0 spiro atoms. The summed E-state index contributed by atoms with van der Waals surface area (Å²) in [5.74, 6) is 0.